The van der Waals surface area contributed by atoms with Crippen molar-refractivity contribution in [1.29, 1.82) is 0 Å². The second-order valence-corrected chi connectivity index (χ2v) is 19.6. The van der Waals surface area contributed by atoms with Crippen LogP contribution in [0.1, 0.15) is 219 Å². The minimum absolute atomic E-state index is 0.0511. The fourth-order valence-electron chi connectivity index (χ4n) is 7.01. The maximum absolute atomic E-state index is 12.9. The van der Waals surface area contributed by atoms with Gasteiger partial charge in [0, 0.05) is 6.42 Å². The minimum Gasteiger partial charge on any atom is -0.387 e. The average molecular weight is 866 g/mol. The highest BCUT2D eigenvalue weighted by Gasteiger charge is 2.27. The van der Waals surface area contributed by atoms with E-state index in [4.69, 9.17) is 9.05 Å². The molecule has 352 valence electrons. The summed E-state index contributed by atoms with van der Waals surface area (Å²) < 4.78 is 23.6. The number of rotatable bonds is 45. The van der Waals surface area contributed by atoms with Crippen molar-refractivity contribution in [2.24, 2.45) is 0 Å². The van der Waals surface area contributed by atoms with Crippen LogP contribution in [-0.4, -0.2) is 73.4 Å². The van der Waals surface area contributed by atoms with Crippen LogP contribution in [0, 0.1) is 0 Å². The average Bonchev–Trinajstić information content (AvgIpc) is 3.20. The number of allylic oxidation sites excluding steroid dienone is 7. The van der Waals surface area contributed by atoms with E-state index in [0.29, 0.717) is 17.4 Å². The third-order valence-electron chi connectivity index (χ3n) is 11.0. The number of nitrogens with zero attached hydrogens (tertiary/aromatic N) is 1. The zero-order valence-corrected chi connectivity index (χ0v) is 40.8. The number of phosphoric acid groups is 1. The number of phosphoric ester groups is 1. The molecule has 0 rings (SSSR count). The van der Waals surface area contributed by atoms with Crippen LogP contribution in [0.3, 0.4) is 0 Å². The van der Waals surface area contributed by atoms with Gasteiger partial charge in [0.2, 0.25) is 5.91 Å². The Balaban J connectivity index is 4.41. The zero-order valence-electron chi connectivity index (χ0n) is 39.9. The maximum atomic E-state index is 12.9. The first-order chi connectivity index (χ1) is 29.0. The molecule has 8 nitrogen and oxygen atoms in total. The van der Waals surface area contributed by atoms with E-state index < -0.39 is 20.0 Å². The van der Waals surface area contributed by atoms with Crippen LogP contribution in [0.2, 0.25) is 0 Å². The van der Waals surface area contributed by atoms with Crippen LogP contribution < -0.4 is 5.32 Å². The predicted molar refractivity (Wildman–Crippen MR) is 258 cm³/mol. The number of carbonyl (C=O) groups is 1. The lowest BCUT2D eigenvalue weighted by Gasteiger charge is -2.25. The highest BCUT2D eigenvalue weighted by atomic mass is 31.2. The van der Waals surface area contributed by atoms with Crippen molar-refractivity contribution < 1.29 is 32.9 Å². The lowest BCUT2D eigenvalue weighted by atomic mass is 10.0. The fraction of sp³-hybridized carbons (Fsp3) is 0.824. The molecule has 0 saturated carbocycles. The Morgan fingerprint density at radius 3 is 1.33 bits per heavy atom. The summed E-state index contributed by atoms with van der Waals surface area (Å²) in [6.07, 6.45) is 54.8. The second kappa shape index (κ2) is 42.7. The van der Waals surface area contributed by atoms with Crippen LogP contribution in [0.5, 0.6) is 0 Å². The van der Waals surface area contributed by atoms with Gasteiger partial charge in [-0.1, -0.05) is 191 Å². The molecule has 0 aliphatic rings. The summed E-state index contributed by atoms with van der Waals surface area (Å²) in [6, 6.07) is -0.874. The third kappa shape index (κ3) is 44.5. The standard InChI is InChI=1S/C51H97N2O6P/c1-6-8-10-12-14-16-18-20-22-23-24-25-26-27-28-29-31-32-34-36-38-40-42-44-50(54)49(48-59-60(56,57)58-47-46-53(3,4)5)52-51(55)45-43-41-39-37-35-33-30-21-19-17-15-13-11-9-7-2/h21,28-30,34,36,42,44,49-50,54H,6-20,22-27,31-33,35,37-41,43,45-48H2,1-5H3,(H-,52,55,56,57)/p+1/b29-28+,30-21-,36-34+,44-42+. The number of aliphatic hydroxyl groups excluding tert-OH is 1. The lowest BCUT2D eigenvalue weighted by Crippen LogP contribution is -2.45. The largest absolute Gasteiger partial charge is 0.472 e. The Hall–Kier alpha value is -1.54. The number of unbranched alkanes of at least 4 members (excludes halogenated alkanes) is 26. The van der Waals surface area contributed by atoms with Gasteiger partial charge in [-0.15, -0.1) is 0 Å². The van der Waals surface area contributed by atoms with Crippen LogP contribution in [0.15, 0.2) is 48.6 Å². The van der Waals surface area contributed by atoms with Gasteiger partial charge < -0.3 is 19.8 Å². The van der Waals surface area contributed by atoms with Crippen molar-refractivity contribution in [1.82, 2.24) is 5.32 Å². The van der Waals surface area contributed by atoms with Gasteiger partial charge in [0.05, 0.1) is 39.9 Å². The number of quaternary nitrogens is 1. The molecule has 0 saturated heterocycles. The molecule has 3 unspecified atom stereocenters. The Kier molecular flexibility index (Phi) is 41.6. The minimum atomic E-state index is -4.35. The molecule has 0 bridgehead atoms. The predicted octanol–water partition coefficient (Wildman–Crippen LogP) is 14.4. The quantitative estimate of drug-likeness (QED) is 0.0244. The number of nitrogens with one attached hydrogen (secondary N) is 1. The molecule has 3 N–H and O–H groups in total. The molecule has 9 heteroatoms. The van der Waals surface area contributed by atoms with E-state index in [-0.39, 0.29) is 19.1 Å². The van der Waals surface area contributed by atoms with Crippen LogP contribution in [-0.2, 0) is 18.4 Å². The summed E-state index contributed by atoms with van der Waals surface area (Å²) in [7, 11) is 1.54. The normalized spacial score (nSPS) is 14.6. The van der Waals surface area contributed by atoms with Crippen LogP contribution >= 0.6 is 7.82 Å². The Morgan fingerprint density at radius 1 is 0.550 bits per heavy atom. The van der Waals surface area contributed by atoms with Crippen molar-refractivity contribution in [3.05, 3.63) is 48.6 Å². The monoisotopic (exact) mass is 866 g/mol. The molecule has 60 heavy (non-hydrogen) atoms. The van der Waals surface area contributed by atoms with E-state index in [9.17, 15) is 19.4 Å². The van der Waals surface area contributed by atoms with Gasteiger partial charge in [-0.05, 0) is 70.6 Å². The molecule has 0 radical (unpaired) electrons. The first-order valence-electron chi connectivity index (χ1n) is 25.0. The van der Waals surface area contributed by atoms with Gasteiger partial charge in [0.15, 0.2) is 0 Å². The Bertz CT molecular complexity index is 1120. The molecule has 0 aliphatic carbocycles. The number of carbonyl (C=O) groups excluding carboxylic acids is 1. The smallest absolute Gasteiger partial charge is 0.387 e. The van der Waals surface area contributed by atoms with Crippen LogP contribution in [0.25, 0.3) is 0 Å². The van der Waals surface area contributed by atoms with Gasteiger partial charge in [-0.25, -0.2) is 4.57 Å². The molecule has 0 aromatic heterocycles. The Morgan fingerprint density at radius 2 is 0.917 bits per heavy atom. The fourth-order valence-corrected chi connectivity index (χ4v) is 7.74. The second-order valence-electron chi connectivity index (χ2n) is 18.2. The van der Waals surface area contributed by atoms with Crippen molar-refractivity contribution in [2.45, 2.75) is 231 Å². The van der Waals surface area contributed by atoms with E-state index >= 15 is 0 Å². The molecule has 0 spiro atoms. The van der Waals surface area contributed by atoms with Gasteiger partial charge in [-0.3, -0.25) is 13.8 Å². The van der Waals surface area contributed by atoms with E-state index in [1.54, 1.807) is 6.08 Å². The van der Waals surface area contributed by atoms with Gasteiger partial charge >= 0.3 is 7.82 Å². The first-order valence-corrected chi connectivity index (χ1v) is 26.5. The molecule has 3 atom stereocenters. The van der Waals surface area contributed by atoms with Gasteiger partial charge in [0.25, 0.3) is 0 Å². The van der Waals surface area contributed by atoms with Gasteiger partial charge in [-0.2, -0.15) is 0 Å². The van der Waals surface area contributed by atoms with Crippen molar-refractivity contribution >= 4 is 13.7 Å². The summed E-state index contributed by atoms with van der Waals surface area (Å²) in [5, 5.41) is 13.8. The van der Waals surface area contributed by atoms with Crippen molar-refractivity contribution in [3.8, 4) is 0 Å². The number of hydrogen-bond donors (Lipinski definition) is 3. The summed E-state index contributed by atoms with van der Waals surface area (Å²) >= 11 is 0. The molecule has 1 amide bonds. The van der Waals surface area contributed by atoms with Crippen LogP contribution in [0.4, 0.5) is 0 Å². The molecular formula is C51H98N2O6P+. The highest BCUT2D eigenvalue weighted by Crippen LogP contribution is 2.43. The molecule has 0 aromatic carbocycles. The van der Waals surface area contributed by atoms with E-state index in [1.807, 2.05) is 27.2 Å². The molecule has 0 heterocycles. The Labute approximate surface area is 371 Å². The van der Waals surface area contributed by atoms with E-state index in [0.717, 1.165) is 57.8 Å². The molecule has 0 fully saturated rings. The van der Waals surface area contributed by atoms with E-state index in [1.165, 1.54) is 141 Å². The molecule has 0 aromatic rings. The van der Waals surface area contributed by atoms with E-state index in [2.05, 4.69) is 55.6 Å². The van der Waals surface area contributed by atoms with Crippen molar-refractivity contribution in [3.63, 3.8) is 0 Å². The topological polar surface area (TPSA) is 105 Å². The summed E-state index contributed by atoms with van der Waals surface area (Å²) in [5.41, 5.74) is 0. The highest BCUT2D eigenvalue weighted by molar-refractivity contribution is 7.47. The maximum Gasteiger partial charge on any atom is 0.472 e. The SMILES string of the molecule is CCCCCCCC/C=C\CCCCCCCC(=O)NC(COP(=O)(O)OCC[N+](C)(C)C)C(O)/C=C/CC/C=C/CC/C=C/CCCCCCCCCCCCCCC. The first kappa shape index (κ1) is 58.5. The lowest BCUT2D eigenvalue weighted by molar-refractivity contribution is -0.870. The number of aliphatic hydroxyl groups is 1. The molecular weight excluding hydrogens is 768 g/mol. The summed E-state index contributed by atoms with van der Waals surface area (Å²) in [4.78, 5) is 23.2. The van der Waals surface area contributed by atoms with Crippen molar-refractivity contribution in [2.75, 3.05) is 40.9 Å². The van der Waals surface area contributed by atoms with Gasteiger partial charge in [0.1, 0.15) is 13.2 Å². The summed E-state index contributed by atoms with van der Waals surface area (Å²) in [5.74, 6) is -0.200. The number of likely N-dealkylation sites (N-methyl/N-ethyl adjacent to an activating group) is 1. The molecule has 0 aliphatic heterocycles. The third-order valence-corrected chi connectivity index (χ3v) is 12.0. The number of hydrogen-bond acceptors (Lipinski definition) is 5. The zero-order chi connectivity index (χ0) is 44.3. The summed E-state index contributed by atoms with van der Waals surface area (Å²) in [6.45, 7) is 4.78. The number of amides is 1.